The summed E-state index contributed by atoms with van der Waals surface area (Å²) in [6, 6.07) is 17.1. The number of amides is 2. The standard InChI is InChI=1S/C28H26F2N2O4/c1-18(33)5-2-10-26(35)31-23-13-11-20(12-14-23)27(25(34)16-19-6-3-7-21(29)15-19)28(36)32-24-9-4-8-22(30)17-24/h3-4,6-9,11-15,17,27H,2,5,10,16H2,1H3,(H,31,35)(H,32,36). The lowest BCUT2D eigenvalue weighted by Crippen LogP contribution is -2.29. The van der Waals surface area contributed by atoms with Crippen molar-refractivity contribution in [3.63, 3.8) is 0 Å². The molecule has 0 saturated heterocycles. The van der Waals surface area contributed by atoms with Crippen LogP contribution in [0.5, 0.6) is 0 Å². The third-order valence-corrected chi connectivity index (χ3v) is 5.40. The van der Waals surface area contributed by atoms with E-state index in [1.165, 1.54) is 43.3 Å². The van der Waals surface area contributed by atoms with Gasteiger partial charge in [-0.3, -0.25) is 14.4 Å². The van der Waals surface area contributed by atoms with Gasteiger partial charge in [0.15, 0.2) is 5.78 Å². The number of halogens is 2. The molecule has 0 radical (unpaired) electrons. The maximum atomic E-state index is 13.6. The zero-order valence-electron chi connectivity index (χ0n) is 19.7. The van der Waals surface area contributed by atoms with Gasteiger partial charge in [0.1, 0.15) is 23.3 Å². The molecule has 3 rings (SSSR count). The van der Waals surface area contributed by atoms with Crippen LogP contribution in [0.25, 0.3) is 0 Å². The minimum atomic E-state index is -1.25. The number of nitrogens with one attached hydrogen (secondary N) is 2. The number of hydrogen-bond donors (Lipinski definition) is 2. The van der Waals surface area contributed by atoms with Crippen LogP contribution in [0, 0.1) is 11.6 Å². The molecule has 1 atom stereocenters. The summed E-state index contributed by atoms with van der Waals surface area (Å²) >= 11 is 0. The highest BCUT2D eigenvalue weighted by Crippen LogP contribution is 2.24. The minimum absolute atomic E-state index is 0.0117. The third-order valence-electron chi connectivity index (χ3n) is 5.40. The van der Waals surface area contributed by atoms with E-state index in [-0.39, 0.29) is 30.2 Å². The molecule has 0 bridgehead atoms. The second-order valence-electron chi connectivity index (χ2n) is 8.43. The van der Waals surface area contributed by atoms with Crippen molar-refractivity contribution in [2.24, 2.45) is 0 Å². The highest BCUT2D eigenvalue weighted by molar-refractivity contribution is 6.12. The van der Waals surface area contributed by atoms with Gasteiger partial charge in [0.05, 0.1) is 0 Å². The molecule has 36 heavy (non-hydrogen) atoms. The Morgan fingerprint density at radius 2 is 1.44 bits per heavy atom. The van der Waals surface area contributed by atoms with Crippen molar-refractivity contribution in [1.82, 2.24) is 0 Å². The van der Waals surface area contributed by atoms with Crippen LogP contribution in [0.2, 0.25) is 0 Å². The Morgan fingerprint density at radius 3 is 2.08 bits per heavy atom. The highest BCUT2D eigenvalue weighted by atomic mass is 19.1. The van der Waals surface area contributed by atoms with E-state index in [0.29, 0.717) is 29.7 Å². The van der Waals surface area contributed by atoms with Crippen LogP contribution < -0.4 is 10.6 Å². The molecule has 186 valence electrons. The summed E-state index contributed by atoms with van der Waals surface area (Å²) < 4.78 is 27.2. The predicted octanol–water partition coefficient (Wildman–Crippen LogP) is 5.20. The Morgan fingerprint density at radius 1 is 0.778 bits per heavy atom. The third kappa shape index (κ3) is 7.94. The molecule has 2 amide bonds. The first-order chi connectivity index (χ1) is 17.2. The Labute approximate surface area is 207 Å². The first-order valence-corrected chi connectivity index (χ1v) is 11.4. The molecule has 2 N–H and O–H groups in total. The largest absolute Gasteiger partial charge is 0.326 e. The van der Waals surface area contributed by atoms with Crippen LogP contribution in [0.4, 0.5) is 20.2 Å². The number of Topliss-reactive ketones (excluding diaryl/α,β-unsaturated/α-hetero) is 2. The summed E-state index contributed by atoms with van der Waals surface area (Å²) in [4.78, 5) is 49.5. The Bertz CT molecular complexity index is 1200. The van der Waals surface area contributed by atoms with Gasteiger partial charge in [-0.1, -0.05) is 30.3 Å². The number of anilines is 2. The van der Waals surface area contributed by atoms with Gasteiger partial charge in [0.2, 0.25) is 11.8 Å². The van der Waals surface area contributed by atoms with E-state index >= 15 is 0 Å². The SMILES string of the molecule is CC(=O)CCCC(=O)Nc1ccc(C(C(=O)Cc2cccc(F)c2)C(=O)Nc2cccc(F)c2)cc1. The van der Waals surface area contributed by atoms with Crippen LogP contribution in [-0.2, 0) is 25.6 Å². The predicted molar refractivity (Wildman–Crippen MR) is 132 cm³/mol. The molecule has 0 fully saturated rings. The lowest BCUT2D eigenvalue weighted by molar-refractivity contribution is -0.127. The summed E-state index contributed by atoms with van der Waals surface area (Å²) in [5.74, 6) is -3.68. The van der Waals surface area contributed by atoms with Crippen molar-refractivity contribution in [3.8, 4) is 0 Å². The van der Waals surface area contributed by atoms with Crippen molar-refractivity contribution in [2.45, 2.75) is 38.5 Å². The molecule has 6 nitrogen and oxygen atoms in total. The number of carbonyl (C=O) groups excluding carboxylic acids is 4. The Balaban J connectivity index is 1.79. The van der Waals surface area contributed by atoms with E-state index < -0.39 is 29.2 Å². The highest BCUT2D eigenvalue weighted by Gasteiger charge is 2.29. The molecule has 0 heterocycles. The smallest absolute Gasteiger partial charge is 0.239 e. The van der Waals surface area contributed by atoms with E-state index in [9.17, 15) is 28.0 Å². The molecule has 3 aromatic rings. The van der Waals surface area contributed by atoms with Crippen LogP contribution in [-0.4, -0.2) is 23.4 Å². The first-order valence-electron chi connectivity index (χ1n) is 11.4. The summed E-state index contributed by atoms with van der Waals surface area (Å²) in [6.45, 7) is 1.47. The quantitative estimate of drug-likeness (QED) is 0.360. The number of ketones is 2. The number of hydrogen-bond acceptors (Lipinski definition) is 4. The normalized spacial score (nSPS) is 11.4. The van der Waals surface area contributed by atoms with Gasteiger partial charge in [0, 0.05) is 30.6 Å². The maximum absolute atomic E-state index is 13.6. The van der Waals surface area contributed by atoms with Crippen LogP contribution in [0.1, 0.15) is 43.2 Å². The van der Waals surface area contributed by atoms with Gasteiger partial charge in [-0.15, -0.1) is 0 Å². The van der Waals surface area contributed by atoms with Gasteiger partial charge < -0.3 is 15.4 Å². The van der Waals surface area contributed by atoms with Crippen LogP contribution in [0.15, 0.2) is 72.8 Å². The summed E-state index contributed by atoms with van der Waals surface area (Å²) in [6.07, 6.45) is 0.762. The molecule has 0 aliphatic heterocycles. The summed E-state index contributed by atoms with van der Waals surface area (Å²) in [5.41, 5.74) is 1.43. The lowest BCUT2D eigenvalue weighted by atomic mass is 9.90. The van der Waals surface area contributed by atoms with E-state index in [1.807, 2.05) is 0 Å². The molecule has 3 aromatic carbocycles. The van der Waals surface area contributed by atoms with Gasteiger partial charge in [0.25, 0.3) is 0 Å². The molecule has 0 aliphatic rings. The van der Waals surface area contributed by atoms with E-state index in [4.69, 9.17) is 0 Å². The summed E-state index contributed by atoms with van der Waals surface area (Å²) in [7, 11) is 0. The van der Waals surface area contributed by atoms with Gasteiger partial charge in [-0.25, -0.2) is 8.78 Å². The summed E-state index contributed by atoms with van der Waals surface area (Å²) in [5, 5.41) is 5.28. The average molecular weight is 493 g/mol. The molecular weight excluding hydrogens is 466 g/mol. The fourth-order valence-corrected chi connectivity index (χ4v) is 3.69. The topological polar surface area (TPSA) is 92.3 Å². The fourth-order valence-electron chi connectivity index (χ4n) is 3.69. The van der Waals surface area contributed by atoms with Crippen LogP contribution in [0.3, 0.4) is 0 Å². The maximum Gasteiger partial charge on any atom is 0.239 e. The molecule has 0 spiro atoms. The zero-order valence-corrected chi connectivity index (χ0v) is 19.7. The number of carbonyl (C=O) groups is 4. The monoisotopic (exact) mass is 492 g/mol. The number of rotatable bonds is 11. The van der Waals surface area contributed by atoms with Crippen LogP contribution >= 0.6 is 0 Å². The van der Waals surface area contributed by atoms with Crippen molar-refractivity contribution < 1.29 is 28.0 Å². The van der Waals surface area contributed by atoms with Gasteiger partial charge >= 0.3 is 0 Å². The number of benzene rings is 3. The molecule has 0 aromatic heterocycles. The molecule has 0 aliphatic carbocycles. The second-order valence-corrected chi connectivity index (χ2v) is 8.43. The molecule has 0 saturated carbocycles. The zero-order chi connectivity index (χ0) is 26.1. The van der Waals surface area contributed by atoms with E-state index in [1.54, 1.807) is 30.3 Å². The Kier molecular flexibility index (Phi) is 9.16. The molecule has 1 unspecified atom stereocenters. The lowest BCUT2D eigenvalue weighted by Gasteiger charge is -2.17. The van der Waals surface area contributed by atoms with Gasteiger partial charge in [-0.05, 0) is 66.9 Å². The van der Waals surface area contributed by atoms with Crippen molar-refractivity contribution in [2.75, 3.05) is 10.6 Å². The van der Waals surface area contributed by atoms with Crippen molar-refractivity contribution in [3.05, 3.63) is 95.6 Å². The average Bonchev–Trinajstić information content (AvgIpc) is 2.80. The minimum Gasteiger partial charge on any atom is -0.326 e. The first kappa shape index (κ1) is 26.4. The molecule has 8 heteroatoms. The van der Waals surface area contributed by atoms with E-state index in [0.717, 1.165) is 6.07 Å². The van der Waals surface area contributed by atoms with Gasteiger partial charge in [-0.2, -0.15) is 0 Å². The second kappa shape index (κ2) is 12.5. The molecular formula is C28H26F2N2O4. The van der Waals surface area contributed by atoms with E-state index in [2.05, 4.69) is 10.6 Å². The van der Waals surface area contributed by atoms with Crippen molar-refractivity contribution >= 4 is 34.8 Å². The van der Waals surface area contributed by atoms with Crippen molar-refractivity contribution in [1.29, 1.82) is 0 Å². The Hall–Kier alpha value is -4.20. The fraction of sp³-hybridized carbons (Fsp3) is 0.214.